The lowest BCUT2D eigenvalue weighted by molar-refractivity contribution is 0.0973. The number of carbonyl (C=O) groups excluding carboxylic acids is 1. The number of rotatable bonds is 4. The van der Waals surface area contributed by atoms with E-state index >= 15 is 0 Å². The first-order valence-electron chi connectivity index (χ1n) is 6.69. The number of piperidine rings is 1. The van der Waals surface area contributed by atoms with E-state index in [0.717, 1.165) is 24.9 Å². The highest BCUT2D eigenvalue weighted by Gasteiger charge is 2.15. The number of hydrogen-bond donors (Lipinski definition) is 1. The fourth-order valence-electron chi connectivity index (χ4n) is 2.52. The molecule has 98 valence electrons. The molecular weight excluding hydrogens is 229 g/mol. The number of ketones is 1. The van der Waals surface area contributed by atoms with Crippen molar-refractivity contribution in [1.82, 2.24) is 5.32 Å². The Morgan fingerprint density at radius 3 is 2.89 bits per heavy atom. The van der Waals surface area contributed by atoms with Crippen molar-refractivity contribution < 1.29 is 9.18 Å². The summed E-state index contributed by atoms with van der Waals surface area (Å²) in [4.78, 5) is 12.0. The number of benzene rings is 1. The molecule has 2 rings (SSSR count). The summed E-state index contributed by atoms with van der Waals surface area (Å²) in [6, 6.07) is 5.00. The number of halogens is 1. The Balaban J connectivity index is 1.90. The lowest BCUT2D eigenvalue weighted by Gasteiger charge is -2.23. The molecule has 1 fully saturated rings. The highest BCUT2D eigenvalue weighted by atomic mass is 19.1. The highest BCUT2D eigenvalue weighted by molar-refractivity contribution is 5.96. The first-order valence-corrected chi connectivity index (χ1v) is 6.69. The van der Waals surface area contributed by atoms with E-state index in [4.69, 9.17) is 0 Å². The predicted octanol–water partition coefficient (Wildman–Crippen LogP) is 3.24. The van der Waals surface area contributed by atoms with Gasteiger partial charge in [0.2, 0.25) is 0 Å². The van der Waals surface area contributed by atoms with E-state index in [2.05, 4.69) is 5.32 Å². The van der Waals surface area contributed by atoms with Gasteiger partial charge in [-0.15, -0.1) is 0 Å². The van der Waals surface area contributed by atoms with Gasteiger partial charge in [-0.25, -0.2) is 4.39 Å². The second-order valence-electron chi connectivity index (χ2n) is 5.13. The molecule has 0 saturated carbocycles. The van der Waals surface area contributed by atoms with Crippen molar-refractivity contribution >= 4 is 5.78 Å². The Morgan fingerprint density at radius 1 is 1.39 bits per heavy atom. The van der Waals surface area contributed by atoms with E-state index in [9.17, 15) is 9.18 Å². The third kappa shape index (κ3) is 3.64. The van der Waals surface area contributed by atoms with Gasteiger partial charge < -0.3 is 5.32 Å². The molecule has 2 nitrogen and oxygen atoms in total. The van der Waals surface area contributed by atoms with Crippen LogP contribution in [0.15, 0.2) is 18.2 Å². The van der Waals surface area contributed by atoms with E-state index in [1.807, 2.05) is 6.92 Å². The van der Waals surface area contributed by atoms with Crippen molar-refractivity contribution in [2.45, 2.75) is 45.1 Å². The molecular formula is C15H20FNO. The van der Waals surface area contributed by atoms with Crippen LogP contribution in [0.4, 0.5) is 4.39 Å². The summed E-state index contributed by atoms with van der Waals surface area (Å²) in [5.74, 6) is -0.279. The van der Waals surface area contributed by atoms with Crippen LogP contribution in [0.3, 0.4) is 0 Å². The fourth-order valence-corrected chi connectivity index (χ4v) is 2.52. The zero-order chi connectivity index (χ0) is 13.0. The molecule has 0 bridgehead atoms. The quantitative estimate of drug-likeness (QED) is 0.830. The average Bonchev–Trinajstić information content (AvgIpc) is 2.36. The van der Waals surface area contributed by atoms with E-state index in [0.29, 0.717) is 18.0 Å². The van der Waals surface area contributed by atoms with Crippen LogP contribution in [-0.2, 0) is 0 Å². The summed E-state index contributed by atoms with van der Waals surface area (Å²) in [5.41, 5.74) is 1.30. The second-order valence-corrected chi connectivity index (χ2v) is 5.13. The van der Waals surface area contributed by atoms with Crippen LogP contribution in [0.1, 0.15) is 48.0 Å². The molecule has 3 heteroatoms. The standard InChI is InChI=1S/C15H20FNO/c1-11-8-12(10-13(16)9-11)15(18)6-5-14-4-2-3-7-17-14/h8-10,14,17H,2-7H2,1H3. The van der Waals surface area contributed by atoms with Gasteiger partial charge in [-0.3, -0.25) is 4.79 Å². The molecule has 1 saturated heterocycles. The lowest BCUT2D eigenvalue weighted by atomic mass is 9.97. The number of hydrogen-bond acceptors (Lipinski definition) is 2. The minimum Gasteiger partial charge on any atom is -0.314 e. The SMILES string of the molecule is Cc1cc(F)cc(C(=O)CCC2CCCCN2)c1. The van der Waals surface area contributed by atoms with Crippen LogP contribution in [-0.4, -0.2) is 18.4 Å². The Bertz CT molecular complexity index is 404. The van der Waals surface area contributed by atoms with Crippen molar-refractivity contribution in [3.63, 3.8) is 0 Å². The zero-order valence-corrected chi connectivity index (χ0v) is 10.8. The van der Waals surface area contributed by atoms with Crippen LogP contribution in [0, 0.1) is 12.7 Å². The predicted molar refractivity (Wildman–Crippen MR) is 70.3 cm³/mol. The molecule has 1 atom stereocenters. The van der Waals surface area contributed by atoms with Gasteiger partial charge in [0.05, 0.1) is 0 Å². The molecule has 0 radical (unpaired) electrons. The van der Waals surface area contributed by atoms with Crippen molar-refractivity contribution in [1.29, 1.82) is 0 Å². The Morgan fingerprint density at radius 2 is 2.22 bits per heavy atom. The molecule has 1 aromatic carbocycles. The summed E-state index contributed by atoms with van der Waals surface area (Å²) >= 11 is 0. The van der Waals surface area contributed by atoms with Crippen LogP contribution >= 0.6 is 0 Å². The van der Waals surface area contributed by atoms with Crippen LogP contribution in [0.5, 0.6) is 0 Å². The van der Waals surface area contributed by atoms with Crippen LogP contribution in [0.25, 0.3) is 0 Å². The third-order valence-corrected chi connectivity index (χ3v) is 3.50. The fraction of sp³-hybridized carbons (Fsp3) is 0.533. The van der Waals surface area contributed by atoms with Crippen molar-refractivity contribution in [2.75, 3.05) is 6.54 Å². The Kier molecular flexibility index (Phi) is 4.48. The van der Waals surface area contributed by atoms with Crippen molar-refractivity contribution in [2.24, 2.45) is 0 Å². The number of Topliss-reactive ketones (excluding diaryl/α,β-unsaturated/α-hetero) is 1. The van der Waals surface area contributed by atoms with Gasteiger partial charge in [-0.05, 0) is 56.5 Å². The maximum Gasteiger partial charge on any atom is 0.163 e. The average molecular weight is 249 g/mol. The van der Waals surface area contributed by atoms with Gasteiger partial charge in [0.25, 0.3) is 0 Å². The molecule has 1 aliphatic heterocycles. The minimum absolute atomic E-state index is 0.0463. The zero-order valence-electron chi connectivity index (χ0n) is 10.8. The number of nitrogens with one attached hydrogen (secondary N) is 1. The summed E-state index contributed by atoms with van der Waals surface area (Å²) in [6.45, 7) is 2.86. The van der Waals surface area contributed by atoms with Crippen LogP contribution in [0.2, 0.25) is 0 Å². The maximum absolute atomic E-state index is 13.2. The Hall–Kier alpha value is -1.22. The smallest absolute Gasteiger partial charge is 0.163 e. The van der Waals surface area contributed by atoms with Gasteiger partial charge in [0.1, 0.15) is 5.82 Å². The second kappa shape index (κ2) is 6.10. The largest absolute Gasteiger partial charge is 0.314 e. The van der Waals surface area contributed by atoms with E-state index < -0.39 is 0 Å². The summed E-state index contributed by atoms with van der Waals surface area (Å²) in [7, 11) is 0. The van der Waals surface area contributed by atoms with Gasteiger partial charge in [0, 0.05) is 18.0 Å². The highest BCUT2D eigenvalue weighted by Crippen LogP contribution is 2.15. The number of aryl methyl sites for hydroxylation is 1. The van der Waals surface area contributed by atoms with Gasteiger partial charge in [0.15, 0.2) is 5.78 Å². The lowest BCUT2D eigenvalue weighted by Crippen LogP contribution is -2.34. The topological polar surface area (TPSA) is 29.1 Å². The van der Waals surface area contributed by atoms with Crippen molar-refractivity contribution in [3.8, 4) is 0 Å². The normalized spacial score (nSPS) is 19.8. The van der Waals surface area contributed by atoms with Crippen molar-refractivity contribution in [3.05, 3.63) is 35.1 Å². The molecule has 1 aliphatic rings. The van der Waals surface area contributed by atoms with Gasteiger partial charge in [-0.2, -0.15) is 0 Å². The third-order valence-electron chi connectivity index (χ3n) is 3.50. The first-order chi connectivity index (χ1) is 8.65. The maximum atomic E-state index is 13.2. The molecule has 1 aromatic rings. The molecule has 0 aromatic heterocycles. The summed E-state index contributed by atoms with van der Waals surface area (Å²) in [6.07, 6.45) is 4.98. The Labute approximate surface area is 108 Å². The monoisotopic (exact) mass is 249 g/mol. The van der Waals surface area contributed by atoms with E-state index in [1.54, 1.807) is 6.07 Å². The van der Waals surface area contributed by atoms with E-state index in [1.165, 1.54) is 25.0 Å². The minimum atomic E-state index is -0.325. The molecule has 1 heterocycles. The molecule has 0 spiro atoms. The molecule has 0 amide bonds. The first kappa shape index (κ1) is 13.2. The van der Waals surface area contributed by atoms with Gasteiger partial charge in [-0.1, -0.05) is 6.42 Å². The summed E-state index contributed by atoms with van der Waals surface area (Å²) < 4.78 is 13.2. The molecule has 18 heavy (non-hydrogen) atoms. The molecule has 0 aliphatic carbocycles. The van der Waals surface area contributed by atoms with E-state index in [-0.39, 0.29) is 11.6 Å². The van der Waals surface area contributed by atoms with Gasteiger partial charge >= 0.3 is 0 Å². The number of carbonyl (C=O) groups is 1. The summed E-state index contributed by atoms with van der Waals surface area (Å²) in [5, 5.41) is 3.42. The van der Waals surface area contributed by atoms with Crippen LogP contribution < -0.4 is 5.32 Å². The molecule has 1 N–H and O–H groups in total. The molecule has 1 unspecified atom stereocenters.